The maximum absolute atomic E-state index is 12.6. The molecule has 0 aliphatic rings. The molecule has 4 aromatic rings. The molecule has 4 nitrogen and oxygen atoms in total. The SMILES string of the molecule is O=C(CCCOC(=O)c1ccccc1-c1nc2ccccc2s1)c1cccs1. The molecule has 2 aromatic carbocycles. The van der Waals surface area contributed by atoms with Crippen LogP contribution in [0.3, 0.4) is 0 Å². The van der Waals surface area contributed by atoms with Crippen LogP contribution in [0.2, 0.25) is 0 Å². The lowest BCUT2D eigenvalue weighted by molar-refractivity contribution is 0.0495. The lowest BCUT2D eigenvalue weighted by Gasteiger charge is -2.08. The molecule has 0 unspecified atom stereocenters. The zero-order valence-electron chi connectivity index (χ0n) is 15.0. The van der Waals surface area contributed by atoms with Crippen molar-refractivity contribution in [1.82, 2.24) is 4.98 Å². The Bertz CT molecular complexity index is 1080. The molecule has 140 valence electrons. The Morgan fingerprint density at radius 2 is 1.79 bits per heavy atom. The van der Waals surface area contributed by atoms with Gasteiger partial charge in [-0.3, -0.25) is 4.79 Å². The second-order valence-corrected chi connectivity index (χ2v) is 8.15. The molecule has 0 saturated heterocycles. The van der Waals surface area contributed by atoms with Crippen molar-refractivity contribution >= 4 is 44.6 Å². The average molecular weight is 408 g/mol. The zero-order valence-corrected chi connectivity index (χ0v) is 16.6. The first-order valence-electron chi connectivity index (χ1n) is 8.91. The van der Waals surface area contributed by atoms with Crippen LogP contribution in [0, 0.1) is 0 Å². The topological polar surface area (TPSA) is 56.3 Å². The van der Waals surface area contributed by atoms with Crippen LogP contribution < -0.4 is 0 Å². The van der Waals surface area contributed by atoms with Gasteiger partial charge in [-0.25, -0.2) is 9.78 Å². The highest BCUT2D eigenvalue weighted by Crippen LogP contribution is 2.32. The summed E-state index contributed by atoms with van der Waals surface area (Å²) in [5.41, 5.74) is 2.17. The van der Waals surface area contributed by atoms with Crippen LogP contribution in [-0.4, -0.2) is 23.3 Å². The zero-order chi connectivity index (χ0) is 19.3. The molecule has 28 heavy (non-hydrogen) atoms. The van der Waals surface area contributed by atoms with Crippen molar-refractivity contribution < 1.29 is 14.3 Å². The molecule has 0 bridgehead atoms. The highest BCUT2D eigenvalue weighted by Gasteiger charge is 2.17. The smallest absolute Gasteiger partial charge is 0.338 e. The molecule has 0 atom stereocenters. The number of hydrogen-bond acceptors (Lipinski definition) is 6. The summed E-state index contributed by atoms with van der Waals surface area (Å²) in [6, 6.07) is 18.9. The fourth-order valence-corrected chi connectivity index (χ4v) is 4.57. The van der Waals surface area contributed by atoms with Gasteiger partial charge in [-0.2, -0.15) is 0 Å². The number of rotatable bonds is 7. The number of Topliss-reactive ketones (excluding diaryl/α,β-unsaturated/α-hetero) is 1. The van der Waals surface area contributed by atoms with Gasteiger partial charge in [-0.05, 0) is 36.1 Å². The van der Waals surface area contributed by atoms with Gasteiger partial charge in [-0.15, -0.1) is 22.7 Å². The number of ketones is 1. The Kier molecular flexibility index (Phi) is 5.60. The van der Waals surface area contributed by atoms with E-state index in [2.05, 4.69) is 4.98 Å². The number of thiophene rings is 1. The summed E-state index contributed by atoms with van der Waals surface area (Å²) < 4.78 is 6.50. The van der Waals surface area contributed by atoms with Crippen molar-refractivity contribution in [1.29, 1.82) is 0 Å². The van der Waals surface area contributed by atoms with Gasteiger partial charge in [0.1, 0.15) is 5.01 Å². The molecule has 0 fully saturated rings. The van der Waals surface area contributed by atoms with Gasteiger partial charge in [0.25, 0.3) is 0 Å². The number of esters is 1. The fourth-order valence-electron chi connectivity index (χ4n) is 2.87. The van der Waals surface area contributed by atoms with Crippen LogP contribution in [0.5, 0.6) is 0 Å². The highest BCUT2D eigenvalue weighted by atomic mass is 32.1. The lowest BCUT2D eigenvalue weighted by atomic mass is 10.1. The first-order valence-corrected chi connectivity index (χ1v) is 10.6. The number of hydrogen-bond donors (Lipinski definition) is 0. The van der Waals surface area contributed by atoms with Crippen molar-refractivity contribution in [3.63, 3.8) is 0 Å². The standard InChI is InChI=1S/C22H17NO3S2/c24-18(20-12-6-14-27-20)10-5-13-26-22(25)16-8-2-1-7-15(16)21-23-17-9-3-4-11-19(17)28-21/h1-4,6-9,11-12,14H,5,10,13H2. The molecule has 4 rings (SSSR count). The van der Waals surface area contributed by atoms with Gasteiger partial charge in [-0.1, -0.05) is 36.4 Å². The van der Waals surface area contributed by atoms with E-state index in [1.807, 2.05) is 60.0 Å². The van der Waals surface area contributed by atoms with E-state index < -0.39 is 5.97 Å². The van der Waals surface area contributed by atoms with Crippen LogP contribution in [0.4, 0.5) is 0 Å². The Morgan fingerprint density at radius 3 is 2.61 bits per heavy atom. The summed E-state index contributed by atoms with van der Waals surface area (Å²) in [5, 5.41) is 2.67. The number of thiazole rings is 1. The van der Waals surface area contributed by atoms with Gasteiger partial charge < -0.3 is 4.74 Å². The van der Waals surface area contributed by atoms with Crippen LogP contribution in [0.15, 0.2) is 66.0 Å². The molecule has 0 aliphatic carbocycles. The number of benzene rings is 2. The van der Waals surface area contributed by atoms with Crippen molar-refractivity contribution in [2.75, 3.05) is 6.61 Å². The van der Waals surface area contributed by atoms with Crippen molar-refractivity contribution in [2.45, 2.75) is 12.8 Å². The third-order valence-electron chi connectivity index (χ3n) is 4.25. The summed E-state index contributed by atoms with van der Waals surface area (Å²) >= 11 is 2.98. The largest absolute Gasteiger partial charge is 0.462 e. The van der Waals surface area contributed by atoms with E-state index in [0.29, 0.717) is 18.4 Å². The number of para-hydroxylation sites is 1. The minimum Gasteiger partial charge on any atom is -0.462 e. The number of aromatic nitrogens is 1. The number of fused-ring (bicyclic) bond motifs is 1. The molecule has 6 heteroatoms. The second kappa shape index (κ2) is 8.46. The van der Waals surface area contributed by atoms with Crippen LogP contribution in [-0.2, 0) is 4.74 Å². The Balaban J connectivity index is 1.43. The molecule has 0 spiro atoms. The minimum atomic E-state index is -0.390. The molecular weight excluding hydrogens is 390 g/mol. The first-order chi connectivity index (χ1) is 13.7. The third kappa shape index (κ3) is 4.03. The van der Waals surface area contributed by atoms with E-state index in [4.69, 9.17) is 4.74 Å². The maximum Gasteiger partial charge on any atom is 0.338 e. The fraction of sp³-hybridized carbons (Fsp3) is 0.136. The molecular formula is C22H17NO3S2. The van der Waals surface area contributed by atoms with Crippen molar-refractivity contribution in [2.24, 2.45) is 0 Å². The van der Waals surface area contributed by atoms with E-state index in [0.717, 1.165) is 25.7 Å². The van der Waals surface area contributed by atoms with Gasteiger partial charge in [0.15, 0.2) is 5.78 Å². The maximum atomic E-state index is 12.6. The van der Waals surface area contributed by atoms with E-state index in [-0.39, 0.29) is 12.4 Å². The predicted octanol–water partition coefficient (Wildman–Crippen LogP) is 5.84. The highest BCUT2D eigenvalue weighted by molar-refractivity contribution is 7.21. The van der Waals surface area contributed by atoms with E-state index in [1.54, 1.807) is 17.4 Å². The monoisotopic (exact) mass is 407 g/mol. The van der Waals surface area contributed by atoms with E-state index in [1.165, 1.54) is 11.3 Å². The quantitative estimate of drug-likeness (QED) is 0.219. The first kappa shape index (κ1) is 18.5. The van der Waals surface area contributed by atoms with E-state index >= 15 is 0 Å². The van der Waals surface area contributed by atoms with Crippen LogP contribution >= 0.6 is 22.7 Å². The molecule has 2 heterocycles. The molecule has 0 saturated carbocycles. The number of nitrogens with zero attached hydrogens (tertiary/aromatic N) is 1. The Hall–Kier alpha value is -2.83. The third-order valence-corrected chi connectivity index (χ3v) is 6.23. The van der Waals surface area contributed by atoms with Gasteiger partial charge in [0, 0.05) is 12.0 Å². The molecule has 0 amide bonds. The molecule has 0 N–H and O–H groups in total. The summed E-state index contributed by atoms with van der Waals surface area (Å²) in [6.45, 7) is 0.212. The van der Waals surface area contributed by atoms with Crippen LogP contribution in [0.1, 0.15) is 32.9 Å². The van der Waals surface area contributed by atoms with Gasteiger partial charge in [0.2, 0.25) is 0 Å². The summed E-state index contributed by atoms with van der Waals surface area (Å²) in [6.07, 6.45) is 0.874. The van der Waals surface area contributed by atoms with E-state index in [9.17, 15) is 9.59 Å². The predicted molar refractivity (Wildman–Crippen MR) is 113 cm³/mol. The lowest BCUT2D eigenvalue weighted by Crippen LogP contribution is -2.09. The number of ether oxygens (including phenoxy) is 1. The summed E-state index contributed by atoms with van der Waals surface area (Å²) in [5.74, 6) is -0.306. The van der Waals surface area contributed by atoms with Crippen molar-refractivity contribution in [3.05, 3.63) is 76.5 Å². The van der Waals surface area contributed by atoms with Gasteiger partial charge >= 0.3 is 5.97 Å². The molecule has 0 radical (unpaired) electrons. The summed E-state index contributed by atoms with van der Waals surface area (Å²) in [7, 11) is 0. The average Bonchev–Trinajstić information content (AvgIpc) is 3.40. The van der Waals surface area contributed by atoms with Crippen molar-refractivity contribution in [3.8, 4) is 10.6 Å². The number of carbonyl (C=O) groups is 2. The Labute approximate surface area is 170 Å². The van der Waals surface area contributed by atoms with Gasteiger partial charge in [0.05, 0.1) is 27.3 Å². The Morgan fingerprint density at radius 1 is 0.964 bits per heavy atom. The minimum absolute atomic E-state index is 0.0842. The molecule has 2 aromatic heterocycles. The summed E-state index contributed by atoms with van der Waals surface area (Å²) in [4.78, 5) is 30.0. The normalized spacial score (nSPS) is 10.9. The second-order valence-electron chi connectivity index (χ2n) is 6.17. The molecule has 0 aliphatic heterocycles. The number of carbonyl (C=O) groups excluding carboxylic acids is 2. The van der Waals surface area contributed by atoms with Crippen LogP contribution in [0.25, 0.3) is 20.8 Å².